The van der Waals surface area contributed by atoms with Crippen LogP contribution in [0, 0.1) is 6.92 Å². The minimum atomic E-state index is -1.23. The van der Waals surface area contributed by atoms with Gasteiger partial charge in [0.2, 0.25) is 0 Å². The molecule has 1 aromatic rings. The van der Waals surface area contributed by atoms with Crippen LogP contribution in [0.5, 0.6) is 0 Å². The van der Waals surface area contributed by atoms with E-state index < -0.39 is 23.6 Å². The normalized spacial score (nSPS) is 12.9. The standard InChI is InChI=1S/C13H20N2O5/c1-6-18-12(17)9-10(19-7(2)15-9)8(14)11(16)20-13(3,4)5/h8H,6,14H2,1-5H3. The van der Waals surface area contributed by atoms with E-state index in [1.165, 1.54) is 0 Å². The summed E-state index contributed by atoms with van der Waals surface area (Å²) in [4.78, 5) is 27.6. The molecule has 20 heavy (non-hydrogen) atoms. The fourth-order valence-corrected chi connectivity index (χ4v) is 1.47. The van der Waals surface area contributed by atoms with Gasteiger partial charge in [-0.1, -0.05) is 0 Å². The van der Waals surface area contributed by atoms with E-state index in [-0.39, 0.29) is 24.0 Å². The second-order valence-electron chi connectivity index (χ2n) is 5.18. The van der Waals surface area contributed by atoms with Gasteiger partial charge in [-0.2, -0.15) is 0 Å². The van der Waals surface area contributed by atoms with Crippen molar-refractivity contribution in [2.75, 3.05) is 6.61 Å². The third-order valence-electron chi connectivity index (χ3n) is 2.17. The number of nitrogens with zero attached hydrogens (tertiary/aromatic N) is 1. The van der Waals surface area contributed by atoms with Crippen molar-refractivity contribution >= 4 is 11.9 Å². The Morgan fingerprint density at radius 1 is 1.40 bits per heavy atom. The van der Waals surface area contributed by atoms with Crippen LogP contribution in [0.3, 0.4) is 0 Å². The van der Waals surface area contributed by atoms with Gasteiger partial charge >= 0.3 is 11.9 Å². The average molecular weight is 284 g/mol. The number of esters is 2. The Morgan fingerprint density at radius 3 is 2.50 bits per heavy atom. The molecule has 1 rings (SSSR count). The van der Waals surface area contributed by atoms with Gasteiger partial charge in [0.1, 0.15) is 5.60 Å². The number of carbonyl (C=O) groups excluding carboxylic acids is 2. The Labute approximate surface area is 117 Å². The first-order valence-corrected chi connectivity index (χ1v) is 6.28. The molecule has 1 atom stereocenters. The molecule has 0 fully saturated rings. The molecule has 0 amide bonds. The number of carbonyl (C=O) groups is 2. The first-order valence-electron chi connectivity index (χ1n) is 6.28. The van der Waals surface area contributed by atoms with Gasteiger partial charge in [0.05, 0.1) is 6.61 Å². The summed E-state index contributed by atoms with van der Waals surface area (Å²) in [6, 6.07) is -1.23. The van der Waals surface area contributed by atoms with E-state index in [4.69, 9.17) is 19.6 Å². The predicted octanol–water partition coefficient (Wildman–Crippen LogP) is 1.50. The number of oxazole rings is 1. The molecule has 0 aliphatic rings. The Bertz CT molecular complexity index is 501. The van der Waals surface area contributed by atoms with Gasteiger partial charge in [-0.05, 0) is 27.7 Å². The van der Waals surface area contributed by atoms with Crippen LogP contribution in [0.2, 0.25) is 0 Å². The number of aromatic nitrogens is 1. The van der Waals surface area contributed by atoms with E-state index >= 15 is 0 Å². The number of nitrogens with two attached hydrogens (primary N) is 1. The second kappa shape index (κ2) is 6.04. The van der Waals surface area contributed by atoms with Gasteiger partial charge in [0.25, 0.3) is 0 Å². The second-order valence-corrected chi connectivity index (χ2v) is 5.18. The molecule has 112 valence electrons. The van der Waals surface area contributed by atoms with E-state index in [2.05, 4.69) is 4.98 Å². The van der Waals surface area contributed by atoms with Crippen LogP contribution in [0.15, 0.2) is 4.42 Å². The summed E-state index contributed by atoms with van der Waals surface area (Å²) in [6.07, 6.45) is 0. The lowest BCUT2D eigenvalue weighted by molar-refractivity contribution is -0.157. The molecule has 2 N–H and O–H groups in total. The molecular formula is C13H20N2O5. The van der Waals surface area contributed by atoms with Crippen molar-refractivity contribution in [3.63, 3.8) is 0 Å². The number of aryl methyl sites for hydroxylation is 1. The molecule has 1 unspecified atom stereocenters. The van der Waals surface area contributed by atoms with Gasteiger partial charge in [0, 0.05) is 6.92 Å². The van der Waals surface area contributed by atoms with Crippen molar-refractivity contribution < 1.29 is 23.5 Å². The third kappa shape index (κ3) is 4.06. The number of hydrogen-bond acceptors (Lipinski definition) is 7. The van der Waals surface area contributed by atoms with Crippen molar-refractivity contribution in [1.82, 2.24) is 4.98 Å². The lowest BCUT2D eigenvalue weighted by atomic mass is 10.1. The average Bonchev–Trinajstić information content (AvgIpc) is 2.68. The van der Waals surface area contributed by atoms with Crippen LogP contribution in [-0.2, 0) is 14.3 Å². The van der Waals surface area contributed by atoms with Gasteiger partial charge in [-0.25, -0.2) is 14.6 Å². The zero-order valence-electron chi connectivity index (χ0n) is 12.4. The highest BCUT2D eigenvalue weighted by Crippen LogP contribution is 2.22. The van der Waals surface area contributed by atoms with Crippen LogP contribution >= 0.6 is 0 Å². The van der Waals surface area contributed by atoms with E-state index in [9.17, 15) is 9.59 Å². The fourth-order valence-electron chi connectivity index (χ4n) is 1.47. The van der Waals surface area contributed by atoms with E-state index in [1.807, 2.05) is 0 Å². The van der Waals surface area contributed by atoms with E-state index in [1.54, 1.807) is 34.6 Å². The summed E-state index contributed by atoms with van der Waals surface area (Å²) in [5.41, 5.74) is 5.00. The maximum absolute atomic E-state index is 11.9. The minimum Gasteiger partial charge on any atom is -0.461 e. The van der Waals surface area contributed by atoms with Gasteiger partial charge in [0.15, 0.2) is 23.4 Å². The molecule has 0 aromatic carbocycles. The van der Waals surface area contributed by atoms with Gasteiger partial charge < -0.3 is 19.6 Å². The Balaban J connectivity index is 3.01. The zero-order valence-corrected chi connectivity index (χ0v) is 12.4. The highest BCUT2D eigenvalue weighted by atomic mass is 16.6. The molecule has 7 nitrogen and oxygen atoms in total. The smallest absolute Gasteiger partial charge is 0.360 e. The van der Waals surface area contributed by atoms with Gasteiger partial charge in [-0.3, -0.25) is 0 Å². The highest BCUT2D eigenvalue weighted by Gasteiger charge is 2.32. The maximum Gasteiger partial charge on any atom is 0.360 e. The van der Waals surface area contributed by atoms with Crippen molar-refractivity contribution in [3.05, 3.63) is 17.3 Å². The molecule has 7 heteroatoms. The molecule has 0 bridgehead atoms. The molecule has 0 aliphatic carbocycles. The summed E-state index contributed by atoms with van der Waals surface area (Å²) < 4.78 is 15.2. The SMILES string of the molecule is CCOC(=O)c1nc(C)oc1C(N)C(=O)OC(C)(C)C. The molecule has 0 saturated carbocycles. The highest BCUT2D eigenvalue weighted by molar-refractivity contribution is 5.90. The topological polar surface area (TPSA) is 105 Å². The Hall–Kier alpha value is -1.89. The third-order valence-corrected chi connectivity index (χ3v) is 2.17. The Kier molecular flexibility index (Phi) is 4.88. The lowest BCUT2D eigenvalue weighted by Gasteiger charge is -2.21. The molecular weight excluding hydrogens is 264 g/mol. The molecule has 0 saturated heterocycles. The van der Waals surface area contributed by atoms with Crippen LogP contribution < -0.4 is 5.73 Å². The van der Waals surface area contributed by atoms with Crippen LogP contribution in [0.4, 0.5) is 0 Å². The predicted molar refractivity (Wildman–Crippen MR) is 70.0 cm³/mol. The molecule has 1 heterocycles. The lowest BCUT2D eigenvalue weighted by Crippen LogP contribution is -2.32. The summed E-state index contributed by atoms with van der Waals surface area (Å²) >= 11 is 0. The molecule has 0 radical (unpaired) electrons. The first kappa shape index (κ1) is 16.2. The maximum atomic E-state index is 11.9. The van der Waals surface area contributed by atoms with Gasteiger partial charge in [-0.15, -0.1) is 0 Å². The summed E-state index contributed by atoms with van der Waals surface area (Å²) in [5.74, 6) is -1.20. The van der Waals surface area contributed by atoms with Crippen LogP contribution in [-0.4, -0.2) is 29.1 Å². The quantitative estimate of drug-likeness (QED) is 0.835. The van der Waals surface area contributed by atoms with Crippen LogP contribution in [0.25, 0.3) is 0 Å². The first-order chi connectivity index (χ1) is 9.15. The van der Waals surface area contributed by atoms with Crippen molar-refractivity contribution in [2.24, 2.45) is 5.73 Å². The molecule has 0 spiro atoms. The largest absolute Gasteiger partial charge is 0.461 e. The van der Waals surface area contributed by atoms with Crippen molar-refractivity contribution in [3.8, 4) is 0 Å². The summed E-state index contributed by atoms with van der Waals surface area (Å²) in [7, 11) is 0. The number of hydrogen-bond donors (Lipinski definition) is 1. The zero-order chi connectivity index (χ0) is 15.5. The molecule has 1 aromatic heterocycles. The number of ether oxygens (including phenoxy) is 2. The molecule has 0 aliphatic heterocycles. The van der Waals surface area contributed by atoms with Crippen molar-refractivity contribution in [1.29, 1.82) is 0 Å². The van der Waals surface area contributed by atoms with E-state index in [0.717, 1.165) is 0 Å². The minimum absolute atomic E-state index is 0.0461. The van der Waals surface area contributed by atoms with Crippen LogP contribution in [0.1, 0.15) is 55.9 Å². The Morgan fingerprint density at radius 2 is 2.00 bits per heavy atom. The van der Waals surface area contributed by atoms with Crippen molar-refractivity contribution in [2.45, 2.75) is 46.3 Å². The fraction of sp³-hybridized carbons (Fsp3) is 0.615. The summed E-state index contributed by atoms with van der Waals surface area (Å²) in [6.45, 7) is 8.55. The number of rotatable bonds is 4. The van der Waals surface area contributed by atoms with E-state index in [0.29, 0.717) is 0 Å². The monoisotopic (exact) mass is 284 g/mol. The summed E-state index contributed by atoms with van der Waals surface area (Å²) in [5, 5.41) is 0.